The molecule has 0 aliphatic rings. The summed E-state index contributed by atoms with van der Waals surface area (Å²) in [7, 11) is -3.82. The van der Waals surface area contributed by atoms with Gasteiger partial charge in [-0.1, -0.05) is 38.2 Å². The van der Waals surface area contributed by atoms with Crippen molar-refractivity contribution in [2.24, 2.45) is 0 Å². The summed E-state index contributed by atoms with van der Waals surface area (Å²) < 4.78 is 52.6. The molecule has 0 bridgehead atoms. The van der Waals surface area contributed by atoms with Gasteiger partial charge in [-0.15, -0.1) is 0 Å². The number of rotatable bonds is 10. The molecule has 0 unspecified atom stereocenters. The van der Waals surface area contributed by atoms with Gasteiger partial charge in [-0.05, 0) is 25.0 Å². The van der Waals surface area contributed by atoms with Gasteiger partial charge in [-0.25, -0.2) is 8.78 Å². The first-order valence-corrected chi connectivity index (χ1v) is 9.11. The van der Waals surface area contributed by atoms with Crippen LogP contribution in [0.3, 0.4) is 0 Å². The van der Waals surface area contributed by atoms with Crippen molar-refractivity contribution < 1.29 is 21.8 Å². The molecule has 0 radical (unpaired) electrons. The van der Waals surface area contributed by atoms with Crippen LogP contribution in [0.25, 0.3) is 0 Å². The van der Waals surface area contributed by atoms with Crippen molar-refractivity contribution in [2.75, 3.05) is 5.75 Å². The van der Waals surface area contributed by atoms with Crippen LogP contribution in [0.4, 0.5) is 8.78 Å². The minimum atomic E-state index is -3.82. The Bertz CT molecular complexity index is 415. The maximum Gasteiger partial charge on any atom is 0.264 e. The largest absolute Gasteiger partial charge is 0.286 e. The first-order valence-electron chi connectivity index (χ1n) is 7.50. The highest BCUT2D eigenvalue weighted by Gasteiger charge is 2.03. The Morgan fingerprint density at radius 2 is 1.36 bits per heavy atom. The van der Waals surface area contributed by atoms with Crippen LogP contribution in [-0.2, 0) is 10.1 Å². The van der Waals surface area contributed by atoms with Crippen LogP contribution in [0.5, 0.6) is 0 Å². The fourth-order valence-corrected chi connectivity index (χ4v) is 2.35. The average Bonchev–Trinajstić information content (AvgIpc) is 2.46. The second-order valence-electron chi connectivity index (χ2n) is 4.97. The summed E-state index contributed by atoms with van der Waals surface area (Å²) in [6, 6.07) is 5.72. The van der Waals surface area contributed by atoms with E-state index < -0.39 is 16.5 Å². The molecule has 0 saturated heterocycles. The van der Waals surface area contributed by atoms with E-state index in [1.807, 2.05) is 18.2 Å². The van der Waals surface area contributed by atoms with Gasteiger partial charge in [0, 0.05) is 18.8 Å². The SMILES string of the molecule is O=S(=O)(O)CCCCCCCCCC(F)F.c1ccncc1. The van der Waals surface area contributed by atoms with E-state index in [1.165, 1.54) is 0 Å². The highest BCUT2D eigenvalue weighted by Crippen LogP contribution is 2.11. The molecule has 1 rings (SSSR count). The number of hydrogen-bond donors (Lipinski definition) is 1. The third-order valence-electron chi connectivity index (χ3n) is 2.89. The smallest absolute Gasteiger partial charge is 0.264 e. The Hall–Kier alpha value is -1.08. The number of pyridine rings is 1. The van der Waals surface area contributed by atoms with Crippen molar-refractivity contribution >= 4 is 10.1 Å². The van der Waals surface area contributed by atoms with Gasteiger partial charge in [0.05, 0.1) is 5.75 Å². The summed E-state index contributed by atoms with van der Waals surface area (Å²) in [5.41, 5.74) is 0. The molecular weight excluding hydrogens is 312 g/mol. The van der Waals surface area contributed by atoms with E-state index in [2.05, 4.69) is 4.98 Å². The van der Waals surface area contributed by atoms with E-state index in [-0.39, 0.29) is 12.2 Å². The molecule has 4 nitrogen and oxygen atoms in total. The first kappa shape index (κ1) is 20.9. The lowest BCUT2D eigenvalue weighted by atomic mass is 10.1. The molecular formula is C15H25F2NO3S. The predicted molar refractivity (Wildman–Crippen MR) is 83.6 cm³/mol. The molecule has 1 aromatic heterocycles. The zero-order valence-corrected chi connectivity index (χ0v) is 13.5. The third-order valence-corrected chi connectivity index (χ3v) is 3.70. The molecule has 0 fully saturated rings. The molecule has 1 aromatic rings. The van der Waals surface area contributed by atoms with Crippen molar-refractivity contribution in [3.8, 4) is 0 Å². The van der Waals surface area contributed by atoms with E-state index in [0.717, 1.165) is 32.1 Å². The van der Waals surface area contributed by atoms with E-state index in [0.29, 0.717) is 12.8 Å². The van der Waals surface area contributed by atoms with Gasteiger partial charge in [0.15, 0.2) is 0 Å². The second-order valence-corrected chi connectivity index (χ2v) is 6.54. The van der Waals surface area contributed by atoms with E-state index in [4.69, 9.17) is 4.55 Å². The molecule has 0 spiro atoms. The first-order chi connectivity index (χ1) is 10.4. The minimum absolute atomic E-state index is 0.0250. The summed E-state index contributed by atoms with van der Waals surface area (Å²) in [4.78, 5) is 3.78. The molecule has 1 heterocycles. The van der Waals surface area contributed by atoms with Crippen LogP contribution in [0.2, 0.25) is 0 Å². The molecule has 0 aliphatic heterocycles. The van der Waals surface area contributed by atoms with Crippen LogP contribution in [-0.4, -0.2) is 30.1 Å². The number of unbranched alkanes of at least 4 members (excludes halogenated alkanes) is 6. The quantitative estimate of drug-likeness (QED) is 0.509. The Labute approximate surface area is 131 Å². The Morgan fingerprint density at radius 3 is 1.73 bits per heavy atom. The highest BCUT2D eigenvalue weighted by atomic mass is 32.2. The fourth-order valence-electron chi connectivity index (χ4n) is 1.78. The summed E-state index contributed by atoms with van der Waals surface area (Å²) in [5.74, 6) is -0.182. The lowest BCUT2D eigenvalue weighted by Gasteiger charge is -2.01. The molecule has 7 heteroatoms. The van der Waals surface area contributed by atoms with Crippen LogP contribution < -0.4 is 0 Å². The van der Waals surface area contributed by atoms with Gasteiger partial charge in [-0.2, -0.15) is 8.42 Å². The zero-order chi connectivity index (χ0) is 16.7. The molecule has 0 amide bonds. The van der Waals surface area contributed by atoms with Gasteiger partial charge >= 0.3 is 0 Å². The number of hydrogen-bond acceptors (Lipinski definition) is 3. The van der Waals surface area contributed by atoms with Gasteiger partial charge in [-0.3, -0.25) is 9.54 Å². The summed E-state index contributed by atoms with van der Waals surface area (Å²) in [6.45, 7) is 0. The van der Waals surface area contributed by atoms with Crippen molar-refractivity contribution in [1.29, 1.82) is 0 Å². The number of halogens is 2. The molecule has 0 aromatic carbocycles. The number of aromatic nitrogens is 1. The van der Waals surface area contributed by atoms with Gasteiger partial charge < -0.3 is 0 Å². The monoisotopic (exact) mass is 337 g/mol. The fraction of sp³-hybridized carbons (Fsp3) is 0.667. The Morgan fingerprint density at radius 1 is 0.864 bits per heavy atom. The maximum absolute atomic E-state index is 11.7. The second kappa shape index (κ2) is 13.6. The van der Waals surface area contributed by atoms with Crippen molar-refractivity contribution in [1.82, 2.24) is 4.98 Å². The Balaban J connectivity index is 0.000000604. The average molecular weight is 337 g/mol. The summed E-state index contributed by atoms with van der Waals surface area (Å²) in [5, 5.41) is 0. The highest BCUT2D eigenvalue weighted by molar-refractivity contribution is 7.85. The number of alkyl halides is 2. The molecule has 128 valence electrons. The molecule has 0 atom stereocenters. The molecule has 1 N–H and O–H groups in total. The normalized spacial score (nSPS) is 11.1. The van der Waals surface area contributed by atoms with Gasteiger partial charge in [0.25, 0.3) is 10.1 Å². The topological polar surface area (TPSA) is 67.3 Å². The van der Waals surface area contributed by atoms with Crippen LogP contribution in [0.1, 0.15) is 51.4 Å². The lowest BCUT2D eigenvalue weighted by molar-refractivity contribution is 0.133. The third kappa shape index (κ3) is 18.9. The molecule has 22 heavy (non-hydrogen) atoms. The minimum Gasteiger partial charge on any atom is -0.286 e. The van der Waals surface area contributed by atoms with E-state index in [1.54, 1.807) is 12.4 Å². The molecule has 0 saturated carbocycles. The summed E-state index contributed by atoms with van der Waals surface area (Å²) in [6.07, 6.45) is 6.62. The van der Waals surface area contributed by atoms with Crippen LogP contribution >= 0.6 is 0 Å². The van der Waals surface area contributed by atoms with Crippen LogP contribution in [0, 0.1) is 0 Å². The van der Waals surface area contributed by atoms with Crippen molar-refractivity contribution in [2.45, 2.75) is 57.8 Å². The zero-order valence-electron chi connectivity index (χ0n) is 12.7. The van der Waals surface area contributed by atoms with Crippen molar-refractivity contribution in [3.05, 3.63) is 30.6 Å². The van der Waals surface area contributed by atoms with Gasteiger partial charge in [0.2, 0.25) is 6.43 Å². The van der Waals surface area contributed by atoms with Crippen molar-refractivity contribution in [3.63, 3.8) is 0 Å². The molecule has 0 aliphatic carbocycles. The standard InChI is InChI=1S/C10H20F2O3S.C5H5N/c11-10(12)8-6-4-2-1-3-5-7-9-16(13,14)15;1-2-4-6-5-3-1/h10H,1-9H2,(H,13,14,15);1-5H. The van der Waals surface area contributed by atoms with Gasteiger partial charge in [0.1, 0.15) is 0 Å². The van der Waals surface area contributed by atoms with E-state index >= 15 is 0 Å². The van der Waals surface area contributed by atoms with Crippen LogP contribution in [0.15, 0.2) is 30.6 Å². The number of nitrogens with zero attached hydrogens (tertiary/aromatic N) is 1. The predicted octanol–water partition coefficient (Wildman–Crippen LogP) is 4.34. The maximum atomic E-state index is 11.7. The van der Waals surface area contributed by atoms with E-state index in [9.17, 15) is 17.2 Å². The summed E-state index contributed by atoms with van der Waals surface area (Å²) >= 11 is 0. The lowest BCUT2D eigenvalue weighted by Crippen LogP contribution is -2.03. The Kier molecular flexibility index (Phi) is 12.9.